The van der Waals surface area contributed by atoms with Crippen LogP contribution in [0, 0.1) is 0 Å². The van der Waals surface area contributed by atoms with E-state index in [1.165, 1.54) is 0 Å². The molecule has 0 atom stereocenters. The van der Waals surface area contributed by atoms with Crippen molar-refractivity contribution in [2.75, 3.05) is 0 Å². The molecule has 0 aliphatic heterocycles. The number of nitrogens with zero attached hydrogens (tertiary/aromatic N) is 1. The van der Waals surface area contributed by atoms with Crippen LogP contribution < -0.4 is 16.2 Å². The Labute approximate surface area is 86.1 Å². The standard InChI is InChI=1S/C9H11N3O3/c10-8(12-14)5-6-1-3-7(4-2-6)15-9(11)13/h1-4,14H,5H2,(H2,10,12)(H2,11,13). The van der Waals surface area contributed by atoms with Crippen LogP contribution in [0.4, 0.5) is 4.79 Å². The van der Waals surface area contributed by atoms with E-state index in [0.29, 0.717) is 12.2 Å². The van der Waals surface area contributed by atoms with Crippen LogP contribution >= 0.6 is 0 Å². The molecule has 0 aromatic heterocycles. The van der Waals surface area contributed by atoms with Gasteiger partial charge < -0.3 is 21.4 Å². The first-order chi connectivity index (χ1) is 7.11. The molecule has 0 spiro atoms. The lowest BCUT2D eigenvalue weighted by Crippen LogP contribution is -2.16. The van der Waals surface area contributed by atoms with Gasteiger partial charge in [-0.2, -0.15) is 0 Å². The summed E-state index contributed by atoms with van der Waals surface area (Å²) >= 11 is 0. The molecule has 1 aromatic rings. The number of rotatable bonds is 3. The fraction of sp³-hybridized carbons (Fsp3) is 0.111. The second-order valence-corrected chi connectivity index (χ2v) is 2.83. The number of primary amides is 1. The quantitative estimate of drug-likeness (QED) is 0.290. The van der Waals surface area contributed by atoms with Crippen LogP contribution in [0.5, 0.6) is 5.75 Å². The Kier molecular flexibility index (Phi) is 3.50. The molecule has 0 radical (unpaired) electrons. The molecule has 5 N–H and O–H groups in total. The summed E-state index contributed by atoms with van der Waals surface area (Å²) in [6.45, 7) is 0. The summed E-state index contributed by atoms with van der Waals surface area (Å²) in [6.07, 6.45) is -0.535. The van der Waals surface area contributed by atoms with Gasteiger partial charge in [0.25, 0.3) is 0 Å². The van der Waals surface area contributed by atoms with Gasteiger partial charge in [0.15, 0.2) is 0 Å². The van der Waals surface area contributed by atoms with E-state index in [2.05, 4.69) is 9.89 Å². The summed E-state index contributed by atoms with van der Waals surface area (Å²) in [4.78, 5) is 10.4. The highest BCUT2D eigenvalue weighted by Crippen LogP contribution is 2.12. The van der Waals surface area contributed by atoms with Gasteiger partial charge in [-0.3, -0.25) is 0 Å². The predicted octanol–water partition coefficient (Wildman–Crippen LogP) is 0.433. The van der Waals surface area contributed by atoms with Crippen molar-refractivity contribution < 1.29 is 14.7 Å². The van der Waals surface area contributed by atoms with Crippen molar-refractivity contribution in [2.45, 2.75) is 6.42 Å². The van der Waals surface area contributed by atoms with E-state index < -0.39 is 6.09 Å². The van der Waals surface area contributed by atoms with Crippen molar-refractivity contribution in [1.29, 1.82) is 0 Å². The third-order valence-corrected chi connectivity index (χ3v) is 1.66. The normalized spacial score (nSPS) is 11.1. The van der Waals surface area contributed by atoms with Gasteiger partial charge in [0.1, 0.15) is 11.6 Å². The minimum atomic E-state index is -0.862. The van der Waals surface area contributed by atoms with Crippen LogP contribution in [0.3, 0.4) is 0 Å². The lowest BCUT2D eigenvalue weighted by Gasteiger charge is -2.02. The molecule has 1 aromatic carbocycles. The third-order valence-electron chi connectivity index (χ3n) is 1.66. The first-order valence-electron chi connectivity index (χ1n) is 4.14. The maximum absolute atomic E-state index is 10.4. The monoisotopic (exact) mass is 209 g/mol. The fourth-order valence-electron chi connectivity index (χ4n) is 1.04. The fourth-order valence-corrected chi connectivity index (χ4v) is 1.04. The van der Waals surface area contributed by atoms with Gasteiger partial charge in [0.2, 0.25) is 0 Å². The molecule has 6 nitrogen and oxygen atoms in total. The zero-order chi connectivity index (χ0) is 11.3. The van der Waals surface area contributed by atoms with Crippen LogP contribution in [-0.2, 0) is 6.42 Å². The molecule has 0 unspecified atom stereocenters. The number of nitrogens with two attached hydrogens (primary N) is 2. The molecule has 0 saturated carbocycles. The molecule has 0 aliphatic rings. The summed E-state index contributed by atoms with van der Waals surface area (Å²) < 4.78 is 4.63. The van der Waals surface area contributed by atoms with Gasteiger partial charge >= 0.3 is 6.09 Å². The minimum absolute atomic E-state index is 0.110. The second-order valence-electron chi connectivity index (χ2n) is 2.83. The van der Waals surface area contributed by atoms with Gasteiger partial charge in [0, 0.05) is 6.42 Å². The molecule has 80 valence electrons. The number of hydrogen-bond donors (Lipinski definition) is 3. The smallest absolute Gasteiger partial charge is 0.409 e. The molecule has 6 heteroatoms. The van der Waals surface area contributed by atoms with E-state index in [4.69, 9.17) is 16.7 Å². The zero-order valence-corrected chi connectivity index (χ0v) is 7.88. The number of oxime groups is 1. The zero-order valence-electron chi connectivity index (χ0n) is 7.88. The largest absolute Gasteiger partial charge is 0.411 e. The lowest BCUT2D eigenvalue weighted by atomic mass is 10.1. The van der Waals surface area contributed by atoms with Gasteiger partial charge in [-0.1, -0.05) is 17.3 Å². The van der Waals surface area contributed by atoms with E-state index >= 15 is 0 Å². The van der Waals surface area contributed by atoms with Crippen molar-refractivity contribution in [3.05, 3.63) is 29.8 Å². The topological polar surface area (TPSA) is 111 Å². The number of benzene rings is 1. The summed E-state index contributed by atoms with van der Waals surface area (Å²) in [5.41, 5.74) is 11.0. The van der Waals surface area contributed by atoms with Gasteiger partial charge in [-0.05, 0) is 17.7 Å². The highest BCUT2D eigenvalue weighted by Gasteiger charge is 2.00. The Morgan fingerprint density at radius 2 is 1.93 bits per heavy atom. The van der Waals surface area contributed by atoms with Gasteiger partial charge in [0.05, 0.1) is 0 Å². The van der Waals surface area contributed by atoms with Crippen molar-refractivity contribution in [3.63, 3.8) is 0 Å². The van der Waals surface area contributed by atoms with Crippen LogP contribution in [0.2, 0.25) is 0 Å². The molecule has 0 fully saturated rings. The Morgan fingerprint density at radius 3 is 2.40 bits per heavy atom. The van der Waals surface area contributed by atoms with Crippen molar-refractivity contribution in [3.8, 4) is 5.75 Å². The third kappa shape index (κ3) is 3.55. The van der Waals surface area contributed by atoms with Crippen molar-refractivity contribution in [1.82, 2.24) is 0 Å². The molecular weight excluding hydrogens is 198 g/mol. The van der Waals surface area contributed by atoms with Crippen LogP contribution in [0.25, 0.3) is 0 Å². The Hall–Kier alpha value is -2.24. The summed E-state index contributed by atoms with van der Waals surface area (Å²) in [7, 11) is 0. The number of amides is 1. The Morgan fingerprint density at radius 1 is 1.33 bits per heavy atom. The molecule has 1 amide bonds. The Bertz CT molecular complexity index is 373. The van der Waals surface area contributed by atoms with Gasteiger partial charge in [-0.25, -0.2) is 4.79 Å². The average Bonchev–Trinajstić information content (AvgIpc) is 2.20. The molecular formula is C9H11N3O3. The molecule has 15 heavy (non-hydrogen) atoms. The minimum Gasteiger partial charge on any atom is -0.411 e. The predicted molar refractivity (Wildman–Crippen MR) is 53.8 cm³/mol. The Balaban J connectivity index is 2.68. The molecule has 0 bridgehead atoms. The molecule has 0 heterocycles. The number of carbonyl (C=O) groups is 1. The van der Waals surface area contributed by atoms with Crippen LogP contribution in [0.15, 0.2) is 29.4 Å². The number of carbonyl (C=O) groups excluding carboxylic acids is 1. The summed E-state index contributed by atoms with van der Waals surface area (Å²) in [6, 6.07) is 6.53. The van der Waals surface area contributed by atoms with Crippen molar-refractivity contribution in [2.24, 2.45) is 16.6 Å². The first-order valence-corrected chi connectivity index (χ1v) is 4.14. The van der Waals surface area contributed by atoms with E-state index in [-0.39, 0.29) is 5.84 Å². The van der Waals surface area contributed by atoms with Gasteiger partial charge in [-0.15, -0.1) is 0 Å². The summed E-state index contributed by atoms with van der Waals surface area (Å²) in [5, 5.41) is 11.2. The van der Waals surface area contributed by atoms with E-state index in [0.717, 1.165) is 5.56 Å². The van der Waals surface area contributed by atoms with E-state index in [1.54, 1.807) is 24.3 Å². The highest BCUT2D eigenvalue weighted by atomic mass is 16.5. The molecule has 0 aliphatic carbocycles. The van der Waals surface area contributed by atoms with E-state index in [9.17, 15) is 4.79 Å². The summed E-state index contributed by atoms with van der Waals surface area (Å²) in [5.74, 6) is 0.462. The average molecular weight is 209 g/mol. The molecule has 0 saturated heterocycles. The number of ether oxygens (including phenoxy) is 1. The maximum Gasteiger partial charge on any atom is 0.409 e. The SMILES string of the molecule is NC(=O)Oc1ccc(CC(N)=NO)cc1. The van der Waals surface area contributed by atoms with Crippen LogP contribution in [-0.4, -0.2) is 17.1 Å². The number of hydrogen-bond acceptors (Lipinski definition) is 4. The number of amidine groups is 1. The first kappa shape index (κ1) is 10.8. The van der Waals surface area contributed by atoms with Crippen LogP contribution in [0.1, 0.15) is 5.56 Å². The van der Waals surface area contributed by atoms with E-state index in [1.807, 2.05) is 0 Å². The lowest BCUT2D eigenvalue weighted by molar-refractivity contribution is 0.211. The molecule has 1 rings (SSSR count). The highest BCUT2D eigenvalue weighted by molar-refractivity contribution is 5.82. The maximum atomic E-state index is 10.4. The van der Waals surface area contributed by atoms with Crippen molar-refractivity contribution >= 4 is 11.9 Å². The second kappa shape index (κ2) is 4.85.